The van der Waals surface area contributed by atoms with Crippen LogP contribution in [0.1, 0.15) is 11.1 Å². The Morgan fingerprint density at radius 3 is 3.00 bits per heavy atom. The molecule has 2 aromatic rings. The standard InChI is InChI=1S/C11H7N3O/c12-9-2-1-6-3-10-8(4-7(6)9)11(15)14-5-13-10/h1-5,12H,(H,13,14,15). The molecule has 1 aliphatic rings. The summed E-state index contributed by atoms with van der Waals surface area (Å²) in [5.74, 6) is 0. The van der Waals surface area contributed by atoms with Crippen molar-refractivity contribution in [3.05, 3.63) is 46.0 Å². The van der Waals surface area contributed by atoms with Crippen molar-refractivity contribution < 1.29 is 0 Å². The lowest BCUT2D eigenvalue weighted by Gasteiger charge is -2.01. The SMILES string of the molecule is N=C1C=Cc2cc3nc[nH]c(=O)c3cc21. The minimum Gasteiger partial charge on any atom is -0.313 e. The van der Waals surface area contributed by atoms with Crippen molar-refractivity contribution in [1.29, 1.82) is 5.41 Å². The van der Waals surface area contributed by atoms with E-state index in [1.54, 1.807) is 12.1 Å². The quantitative estimate of drug-likeness (QED) is 0.668. The van der Waals surface area contributed by atoms with E-state index in [9.17, 15) is 4.79 Å². The number of hydrogen-bond donors (Lipinski definition) is 2. The van der Waals surface area contributed by atoms with Gasteiger partial charge in [-0.25, -0.2) is 4.98 Å². The van der Waals surface area contributed by atoms with Gasteiger partial charge in [0, 0.05) is 5.56 Å². The molecular formula is C11H7N3O. The Kier molecular flexibility index (Phi) is 1.42. The second kappa shape index (κ2) is 2.63. The predicted octanol–water partition coefficient (Wildman–Crippen LogP) is 1.32. The largest absolute Gasteiger partial charge is 0.313 e. The first-order valence-electron chi connectivity index (χ1n) is 4.54. The van der Waals surface area contributed by atoms with Crippen molar-refractivity contribution in [2.75, 3.05) is 0 Å². The Bertz CT molecular complexity index is 667. The van der Waals surface area contributed by atoms with E-state index in [2.05, 4.69) is 9.97 Å². The molecule has 0 aliphatic heterocycles. The van der Waals surface area contributed by atoms with Gasteiger partial charge in [-0.2, -0.15) is 0 Å². The Morgan fingerprint density at radius 2 is 2.13 bits per heavy atom. The fraction of sp³-hybridized carbons (Fsp3) is 0. The highest BCUT2D eigenvalue weighted by Gasteiger charge is 2.12. The van der Waals surface area contributed by atoms with Gasteiger partial charge in [-0.3, -0.25) is 4.79 Å². The molecule has 1 aromatic heterocycles. The summed E-state index contributed by atoms with van der Waals surface area (Å²) < 4.78 is 0. The minimum absolute atomic E-state index is 0.164. The van der Waals surface area contributed by atoms with Gasteiger partial charge >= 0.3 is 0 Å². The molecule has 72 valence electrons. The van der Waals surface area contributed by atoms with Crippen LogP contribution < -0.4 is 5.56 Å². The van der Waals surface area contributed by atoms with Crippen LogP contribution in [0.5, 0.6) is 0 Å². The van der Waals surface area contributed by atoms with E-state index in [1.807, 2.05) is 12.1 Å². The molecule has 3 rings (SSSR count). The van der Waals surface area contributed by atoms with Crippen LogP contribution in [-0.2, 0) is 0 Å². The van der Waals surface area contributed by atoms with Crippen molar-refractivity contribution in [2.24, 2.45) is 0 Å². The monoisotopic (exact) mass is 197 g/mol. The highest BCUT2D eigenvalue weighted by molar-refractivity contribution is 6.16. The molecule has 0 fully saturated rings. The summed E-state index contributed by atoms with van der Waals surface area (Å²) in [7, 11) is 0. The van der Waals surface area contributed by atoms with Gasteiger partial charge in [0.2, 0.25) is 0 Å². The number of nitrogens with one attached hydrogen (secondary N) is 2. The molecule has 0 radical (unpaired) electrons. The number of aromatic nitrogens is 2. The third kappa shape index (κ3) is 1.05. The first-order chi connectivity index (χ1) is 7.25. The van der Waals surface area contributed by atoms with Gasteiger partial charge in [-0.05, 0) is 23.8 Å². The minimum atomic E-state index is -0.164. The molecule has 0 unspecified atom stereocenters. The summed E-state index contributed by atoms with van der Waals surface area (Å²) in [6.07, 6.45) is 4.97. The zero-order chi connectivity index (χ0) is 10.4. The van der Waals surface area contributed by atoms with E-state index in [-0.39, 0.29) is 5.56 Å². The smallest absolute Gasteiger partial charge is 0.258 e. The molecule has 0 spiro atoms. The maximum absolute atomic E-state index is 11.5. The van der Waals surface area contributed by atoms with E-state index >= 15 is 0 Å². The van der Waals surface area contributed by atoms with Gasteiger partial charge in [-0.15, -0.1) is 0 Å². The summed E-state index contributed by atoms with van der Waals surface area (Å²) in [6.45, 7) is 0. The Morgan fingerprint density at radius 1 is 1.27 bits per heavy atom. The molecule has 2 N–H and O–H groups in total. The van der Waals surface area contributed by atoms with Crippen LogP contribution >= 0.6 is 0 Å². The highest BCUT2D eigenvalue weighted by atomic mass is 16.1. The van der Waals surface area contributed by atoms with Crippen molar-refractivity contribution in [3.8, 4) is 0 Å². The molecule has 0 saturated carbocycles. The molecule has 0 bridgehead atoms. The summed E-state index contributed by atoms with van der Waals surface area (Å²) in [6, 6.07) is 3.55. The lowest BCUT2D eigenvalue weighted by molar-refractivity contribution is 1.17. The second-order valence-electron chi connectivity index (χ2n) is 3.44. The van der Waals surface area contributed by atoms with Gasteiger partial charge < -0.3 is 10.4 Å². The molecule has 1 heterocycles. The average molecular weight is 197 g/mol. The number of rotatable bonds is 0. The maximum Gasteiger partial charge on any atom is 0.258 e. The van der Waals surface area contributed by atoms with Crippen LogP contribution in [0.3, 0.4) is 0 Å². The molecule has 0 amide bonds. The van der Waals surface area contributed by atoms with Gasteiger partial charge in [-0.1, -0.05) is 6.08 Å². The number of aromatic amines is 1. The van der Waals surface area contributed by atoms with E-state index in [1.165, 1.54) is 6.33 Å². The summed E-state index contributed by atoms with van der Waals surface area (Å²) in [5.41, 5.74) is 2.68. The summed E-state index contributed by atoms with van der Waals surface area (Å²) in [4.78, 5) is 18.1. The fourth-order valence-electron chi connectivity index (χ4n) is 1.77. The van der Waals surface area contributed by atoms with E-state index < -0.39 is 0 Å². The van der Waals surface area contributed by atoms with Crippen LogP contribution in [0, 0.1) is 5.41 Å². The van der Waals surface area contributed by atoms with E-state index in [0.29, 0.717) is 16.6 Å². The van der Waals surface area contributed by atoms with Gasteiger partial charge in [0.25, 0.3) is 5.56 Å². The molecule has 4 nitrogen and oxygen atoms in total. The average Bonchev–Trinajstić information content (AvgIpc) is 2.59. The zero-order valence-electron chi connectivity index (χ0n) is 7.74. The van der Waals surface area contributed by atoms with Crippen LogP contribution in [0.2, 0.25) is 0 Å². The Hall–Kier alpha value is -2.23. The zero-order valence-corrected chi connectivity index (χ0v) is 7.74. The van der Waals surface area contributed by atoms with Gasteiger partial charge in [0.05, 0.1) is 22.9 Å². The number of allylic oxidation sites excluding steroid dienone is 1. The number of hydrogen-bond acceptors (Lipinski definition) is 3. The van der Waals surface area contributed by atoms with Gasteiger partial charge in [0.1, 0.15) is 0 Å². The summed E-state index contributed by atoms with van der Waals surface area (Å²) in [5, 5.41) is 8.19. The fourth-order valence-corrected chi connectivity index (χ4v) is 1.77. The number of benzene rings is 1. The van der Waals surface area contributed by atoms with Crippen LogP contribution in [0.15, 0.2) is 29.3 Å². The topological polar surface area (TPSA) is 69.6 Å². The Balaban J connectivity index is 2.49. The first-order valence-corrected chi connectivity index (χ1v) is 4.54. The van der Waals surface area contributed by atoms with Crippen molar-refractivity contribution in [3.63, 3.8) is 0 Å². The lowest BCUT2D eigenvalue weighted by Crippen LogP contribution is -2.07. The van der Waals surface area contributed by atoms with Crippen molar-refractivity contribution in [1.82, 2.24) is 9.97 Å². The molecule has 0 saturated heterocycles. The first kappa shape index (κ1) is 8.11. The van der Waals surface area contributed by atoms with Crippen molar-refractivity contribution in [2.45, 2.75) is 0 Å². The number of fused-ring (bicyclic) bond motifs is 2. The van der Waals surface area contributed by atoms with Crippen LogP contribution in [0.25, 0.3) is 17.0 Å². The normalized spacial score (nSPS) is 13.5. The van der Waals surface area contributed by atoms with Crippen LogP contribution in [0.4, 0.5) is 0 Å². The third-order valence-electron chi connectivity index (χ3n) is 2.53. The molecule has 1 aromatic carbocycles. The second-order valence-corrected chi connectivity index (χ2v) is 3.44. The predicted molar refractivity (Wildman–Crippen MR) is 58.2 cm³/mol. The number of H-pyrrole nitrogens is 1. The molecular weight excluding hydrogens is 190 g/mol. The lowest BCUT2D eigenvalue weighted by atomic mass is 10.1. The molecule has 15 heavy (non-hydrogen) atoms. The third-order valence-corrected chi connectivity index (χ3v) is 2.53. The van der Waals surface area contributed by atoms with Gasteiger partial charge in [0.15, 0.2) is 0 Å². The highest BCUT2D eigenvalue weighted by Crippen LogP contribution is 2.22. The Labute approximate surface area is 84.8 Å². The van der Waals surface area contributed by atoms with E-state index in [4.69, 9.17) is 5.41 Å². The number of nitrogens with zero attached hydrogens (tertiary/aromatic N) is 1. The molecule has 0 atom stereocenters. The molecule has 1 aliphatic carbocycles. The summed E-state index contributed by atoms with van der Waals surface area (Å²) >= 11 is 0. The van der Waals surface area contributed by atoms with Crippen molar-refractivity contribution >= 4 is 22.7 Å². The van der Waals surface area contributed by atoms with Crippen LogP contribution in [-0.4, -0.2) is 15.7 Å². The molecule has 4 heteroatoms. The maximum atomic E-state index is 11.5. The van der Waals surface area contributed by atoms with E-state index in [0.717, 1.165) is 11.1 Å².